The van der Waals surface area contributed by atoms with Gasteiger partial charge >= 0.3 is 5.91 Å². The average molecular weight is 237 g/mol. The van der Waals surface area contributed by atoms with Crippen molar-refractivity contribution < 1.29 is 9.21 Å². The molecule has 1 aliphatic heterocycles. The summed E-state index contributed by atoms with van der Waals surface area (Å²) in [6.45, 7) is 7.39. The van der Waals surface area contributed by atoms with Crippen LogP contribution in [0.5, 0.6) is 0 Å². The Kier molecular flexibility index (Phi) is 3.49. The summed E-state index contributed by atoms with van der Waals surface area (Å²) in [5.41, 5.74) is 3.00. The molecule has 0 spiro atoms. The number of nitrogens with zero attached hydrogens (tertiary/aromatic N) is 1. The van der Waals surface area contributed by atoms with Gasteiger partial charge in [0, 0.05) is 25.2 Å². The van der Waals surface area contributed by atoms with Gasteiger partial charge < -0.3 is 4.42 Å². The molecule has 1 fully saturated rings. The van der Waals surface area contributed by atoms with Gasteiger partial charge in [-0.15, -0.1) is 0 Å². The van der Waals surface area contributed by atoms with E-state index in [-0.39, 0.29) is 5.91 Å². The van der Waals surface area contributed by atoms with Crippen LogP contribution >= 0.6 is 0 Å². The summed E-state index contributed by atoms with van der Waals surface area (Å²) in [6.07, 6.45) is 1.53. The SMILES string of the molecule is CC1CN(Cc2ccoc2C(=O)NN)CC1C. The van der Waals surface area contributed by atoms with Gasteiger partial charge in [0.15, 0.2) is 5.76 Å². The van der Waals surface area contributed by atoms with Crippen molar-refractivity contribution in [2.75, 3.05) is 13.1 Å². The van der Waals surface area contributed by atoms with E-state index < -0.39 is 0 Å². The molecule has 1 aromatic rings. The van der Waals surface area contributed by atoms with Crippen LogP contribution in [-0.4, -0.2) is 23.9 Å². The Morgan fingerprint density at radius 3 is 2.76 bits per heavy atom. The Bertz CT molecular complexity index is 392. The lowest BCUT2D eigenvalue weighted by Gasteiger charge is -2.14. The van der Waals surface area contributed by atoms with Crippen molar-refractivity contribution in [1.29, 1.82) is 0 Å². The van der Waals surface area contributed by atoms with Gasteiger partial charge in [0.2, 0.25) is 0 Å². The van der Waals surface area contributed by atoms with Crippen LogP contribution in [0.1, 0.15) is 30.0 Å². The monoisotopic (exact) mass is 237 g/mol. The van der Waals surface area contributed by atoms with Gasteiger partial charge in [0.05, 0.1) is 6.26 Å². The summed E-state index contributed by atoms with van der Waals surface area (Å²) in [7, 11) is 0. The van der Waals surface area contributed by atoms with E-state index in [4.69, 9.17) is 10.3 Å². The smallest absolute Gasteiger partial charge is 0.301 e. The summed E-state index contributed by atoms with van der Waals surface area (Å²) < 4.78 is 5.16. The van der Waals surface area contributed by atoms with Crippen molar-refractivity contribution in [2.24, 2.45) is 17.7 Å². The summed E-state index contributed by atoms with van der Waals surface area (Å²) in [5.74, 6) is 6.47. The first-order chi connectivity index (χ1) is 8.11. The molecule has 1 amide bonds. The number of nitrogens with two attached hydrogens (primary N) is 1. The number of amides is 1. The number of rotatable bonds is 3. The fraction of sp³-hybridized carbons (Fsp3) is 0.583. The molecule has 2 atom stereocenters. The molecule has 5 heteroatoms. The third-order valence-electron chi connectivity index (χ3n) is 3.54. The second-order valence-corrected chi connectivity index (χ2v) is 4.90. The Labute approximate surface area is 101 Å². The molecule has 0 radical (unpaired) electrons. The summed E-state index contributed by atoms with van der Waals surface area (Å²) >= 11 is 0. The topological polar surface area (TPSA) is 71.5 Å². The van der Waals surface area contributed by atoms with E-state index in [0.29, 0.717) is 17.6 Å². The maximum absolute atomic E-state index is 11.4. The van der Waals surface area contributed by atoms with Crippen molar-refractivity contribution >= 4 is 5.91 Å². The minimum absolute atomic E-state index is 0.319. The van der Waals surface area contributed by atoms with Crippen LogP contribution in [0.4, 0.5) is 0 Å². The Balaban J connectivity index is 2.04. The highest BCUT2D eigenvalue weighted by atomic mass is 16.3. The maximum Gasteiger partial charge on any atom is 0.301 e. The third-order valence-corrected chi connectivity index (χ3v) is 3.54. The largest absolute Gasteiger partial charge is 0.459 e. The normalized spacial score (nSPS) is 25.1. The average Bonchev–Trinajstić information content (AvgIpc) is 2.86. The van der Waals surface area contributed by atoms with Crippen molar-refractivity contribution in [2.45, 2.75) is 20.4 Å². The van der Waals surface area contributed by atoms with Gasteiger partial charge in [0.1, 0.15) is 0 Å². The van der Waals surface area contributed by atoms with Crippen LogP contribution in [0.15, 0.2) is 16.7 Å². The number of nitrogen functional groups attached to an aromatic ring is 1. The molecule has 3 N–H and O–H groups in total. The number of hydrogen-bond donors (Lipinski definition) is 2. The molecule has 1 saturated heterocycles. The van der Waals surface area contributed by atoms with Gasteiger partial charge in [-0.3, -0.25) is 15.1 Å². The Hall–Kier alpha value is -1.33. The molecule has 0 saturated carbocycles. The quantitative estimate of drug-likeness (QED) is 0.467. The molecule has 0 bridgehead atoms. The molecule has 2 heterocycles. The summed E-state index contributed by atoms with van der Waals surface area (Å²) in [5, 5.41) is 0. The fourth-order valence-corrected chi connectivity index (χ4v) is 2.34. The molecule has 1 aromatic heterocycles. The van der Waals surface area contributed by atoms with E-state index in [1.54, 1.807) is 0 Å². The van der Waals surface area contributed by atoms with Crippen LogP contribution in [0.2, 0.25) is 0 Å². The van der Waals surface area contributed by atoms with Gasteiger partial charge in [-0.25, -0.2) is 5.84 Å². The lowest BCUT2D eigenvalue weighted by atomic mass is 10.0. The molecule has 1 aliphatic rings. The van der Waals surface area contributed by atoms with Crippen molar-refractivity contribution in [1.82, 2.24) is 10.3 Å². The Morgan fingerprint density at radius 2 is 2.18 bits per heavy atom. The first-order valence-electron chi connectivity index (χ1n) is 5.91. The van der Waals surface area contributed by atoms with Gasteiger partial charge in [-0.2, -0.15) is 0 Å². The number of carbonyl (C=O) groups is 1. The van der Waals surface area contributed by atoms with E-state index in [1.165, 1.54) is 6.26 Å². The van der Waals surface area contributed by atoms with Gasteiger partial charge in [0.25, 0.3) is 0 Å². The van der Waals surface area contributed by atoms with E-state index >= 15 is 0 Å². The Morgan fingerprint density at radius 1 is 1.53 bits per heavy atom. The van der Waals surface area contributed by atoms with E-state index in [0.717, 1.165) is 25.2 Å². The summed E-state index contributed by atoms with van der Waals surface area (Å²) in [4.78, 5) is 13.8. The minimum Gasteiger partial charge on any atom is -0.459 e. The number of nitrogens with one attached hydrogen (secondary N) is 1. The first kappa shape index (κ1) is 12.1. The predicted octanol–water partition coefficient (Wildman–Crippen LogP) is 0.971. The van der Waals surface area contributed by atoms with Crippen molar-refractivity contribution in [3.8, 4) is 0 Å². The maximum atomic E-state index is 11.4. The number of likely N-dealkylation sites (tertiary alicyclic amines) is 1. The van der Waals surface area contributed by atoms with Crippen LogP contribution in [-0.2, 0) is 6.54 Å². The molecular weight excluding hydrogens is 218 g/mol. The zero-order chi connectivity index (χ0) is 12.4. The lowest BCUT2D eigenvalue weighted by Crippen LogP contribution is -2.31. The highest BCUT2D eigenvalue weighted by molar-refractivity contribution is 5.92. The number of carbonyl (C=O) groups excluding carboxylic acids is 1. The van der Waals surface area contributed by atoms with Crippen molar-refractivity contribution in [3.63, 3.8) is 0 Å². The standard InChI is InChI=1S/C12H19N3O2/c1-8-5-15(6-9(8)2)7-10-3-4-17-11(10)12(16)14-13/h3-4,8-9H,5-7,13H2,1-2H3,(H,14,16). The van der Waals surface area contributed by atoms with Gasteiger partial charge in [-0.1, -0.05) is 13.8 Å². The molecular formula is C12H19N3O2. The first-order valence-corrected chi connectivity index (χ1v) is 5.91. The number of hydrazine groups is 1. The molecule has 5 nitrogen and oxygen atoms in total. The number of hydrogen-bond acceptors (Lipinski definition) is 4. The lowest BCUT2D eigenvalue weighted by molar-refractivity contribution is 0.0923. The molecule has 0 aliphatic carbocycles. The third kappa shape index (κ3) is 2.50. The molecule has 94 valence electrons. The van der Waals surface area contributed by atoms with Gasteiger partial charge in [-0.05, 0) is 17.9 Å². The fourth-order valence-electron chi connectivity index (χ4n) is 2.34. The second kappa shape index (κ2) is 4.89. The van der Waals surface area contributed by atoms with E-state index in [9.17, 15) is 4.79 Å². The summed E-state index contributed by atoms with van der Waals surface area (Å²) in [6, 6.07) is 1.83. The zero-order valence-corrected chi connectivity index (χ0v) is 10.3. The minimum atomic E-state index is -0.370. The second-order valence-electron chi connectivity index (χ2n) is 4.90. The van der Waals surface area contributed by atoms with Crippen LogP contribution in [0.25, 0.3) is 0 Å². The molecule has 0 aromatic carbocycles. The highest BCUT2D eigenvalue weighted by Gasteiger charge is 2.27. The van der Waals surface area contributed by atoms with E-state index in [2.05, 4.69) is 24.2 Å². The van der Waals surface area contributed by atoms with Crippen LogP contribution in [0.3, 0.4) is 0 Å². The van der Waals surface area contributed by atoms with Crippen molar-refractivity contribution in [3.05, 3.63) is 23.7 Å². The zero-order valence-electron chi connectivity index (χ0n) is 10.3. The predicted molar refractivity (Wildman–Crippen MR) is 64.0 cm³/mol. The number of furan rings is 1. The molecule has 17 heavy (non-hydrogen) atoms. The van der Waals surface area contributed by atoms with Crippen LogP contribution < -0.4 is 11.3 Å². The molecule has 2 unspecified atom stereocenters. The van der Waals surface area contributed by atoms with E-state index in [1.807, 2.05) is 6.07 Å². The highest BCUT2D eigenvalue weighted by Crippen LogP contribution is 2.24. The van der Waals surface area contributed by atoms with Crippen LogP contribution in [0, 0.1) is 11.8 Å². The molecule has 2 rings (SSSR count).